The van der Waals surface area contributed by atoms with Crippen LogP contribution in [0.1, 0.15) is 10.4 Å². The number of phenols is 2. The standard InChI is InChI=1S/C9H10N2O5/c10-8(14)4-16-11-9(15)6-2-1-5(12)3-7(6)13/h1-3,12-13H,4H2,(H2,10,14)(H,11,15). The molecule has 0 aliphatic carbocycles. The number of phenolic OH excluding ortho intramolecular Hbond substituents is 2. The fourth-order valence-corrected chi connectivity index (χ4v) is 0.940. The van der Waals surface area contributed by atoms with E-state index in [9.17, 15) is 14.7 Å². The van der Waals surface area contributed by atoms with E-state index in [4.69, 9.17) is 10.8 Å². The summed E-state index contributed by atoms with van der Waals surface area (Å²) in [6.45, 7) is -0.468. The topological polar surface area (TPSA) is 122 Å². The van der Waals surface area contributed by atoms with Gasteiger partial charge in [0.2, 0.25) is 5.91 Å². The van der Waals surface area contributed by atoms with E-state index in [1.807, 2.05) is 5.48 Å². The molecule has 0 unspecified atom stereocenters. The van der Waals surface area contributed by atoms with Gasteiger partial charge in [-0.25, -0.2) is 5.48 Å². The van der Waals surface area contributed by atoms with Crippen molar-refractivity contribution in [2.24, 2.45) is 5.73 Å². The molecule has 0 bridgehead atoms. The molecular weight excluding hydrogens is 216 g/mol. The summed E-state index contributed by atoms with van der Waals surface area (Å²) < 4.78 is 0. The number of primary amides is 1. The average Bonchev–Trinajstić information content (AvgIpc) is 2.16. The Morgan fingerprint density at radius 3 is 2.62 bits per heavy atom. The molecule has 5 N–H and O–H groups in total. The quantitative estimate of drug-likeness (QED) is 0.503. The molecule has 0 fully saturated rings. The van der Waals surface area contributed by atoms with Crippen LogP contribution in [0.25, 0.3) is 0 Å². The first kappa shape index (κ1) is 11.8. The molecule has 16 heavy (non-hydrogen) atoms. The molecular formula is C9H10N2O5. The van der Waals surface area contributed by atoms with Crippen LogP contribution in [-0.2, 0) is 9.63 Å². The minimum atomic E-state index is -0.751. The Labute approximate surface area is 90.4 Å². The van der Waals surface area contributed by atoms with Crippen molar-refractivity contribution in [2.45, 2.75) is 0 Å². The highest BCUT2D eigenvalue weighted by Gasteiger charge is 2.11. The Morgan fingerprint density at radius 1 is 1.38 bits per heavy atom. The summed E-state index contributed by atoms with van der Waals surface area (Å²) in [7, 11) is 0. The van der Waals surface area contributed by atoms with Crippen LogP contribution in [0.2, 0.25) is 0 Å². The van der Waals surface area contributed by atoms with Gasteiger partial charge < -0.3 is 15.9 Å². The maximum Gasteiger partial charge on any atom is 0.278 e. The molecule has 7 nitrogen and oxygen atoms in total. The van der Waals surface area contributed by atoms with Crippen molar-refractivity contribution in [1.82, 2.24) is 5.48 Å². The van der Waals surface area contributed by atoms with Crippen molar-refractivity contribution in [3.05, 3.63) is 23.8 Å². The second-order valence-electron chi connectivity index (χ2n) is 2.89. The third-order valence-corrected chi connectivity index (χ3v) is 1.61. The lowest BCUT2D eigenvalue weighted by Gasteiger charge is -2.05. The number of hydroxylamine groups is 1. The summed E-state index contributed by atoms with van der Waals surface area (Å²) in [5.41, 5.74) is 6.58. The summed E-state index contributed by atoms with van der Waals surface area (Å²) in [5, 5.41) is 18.3. The normalized spacial score (nSPS) is 9.75. The van der Waals surface area contributed by atoms with Crippen LogP contribution in [0.15, 0.2) is 18.2 Å². The van der Waals surface area contributed by atoms with Gasteiger partial charge in [0.1, 0.15) is 11.5 Å². The van der Waals surface area contributed by atoms with Gasteiger partial charge in [-0.1, -0.05) is 0 Å². The Hall–Kier alpha value is -2.28. The molecule has 1 aromatic rings. The highest BCUT2D eigenvalue weighted by atomic mass is 16.7. The number of carbonyl (C=O) groups is 2. The summed E-state index contributed by atoms with van der Waals surface area (Å²) in [5.74, 6) is -2.07. The van der Waals surface area contributed by atoms with E-state index in [-0.39, 0.29) is 11.3 Å². The molecule has 0 aliphatic heterocycles. The molecule has 2 amide bonds. The molecule has 0 atom stereocenters. The summed E-state index contributed by atoms with van der Waals surface area (Å²) in [4.78, 5) is 26.1. The molecule has 0 radical (unpaired) electrons. The molecule has 1 rings (SSSR count). The second kappa shape index (κ2) is 4.99. The van der Waals surface area contributed by atoms with Crippen molar-refractivity contribution in [3.8, 4) is 11.5 Å². The third kappa shape index (κ3) is 3.14. The molecule has 0 saturated heterocycles. The molecule has 0 aromatic heterocycles. The lowest BCUT2D eigenvalue weighted by molar-refractivity contribution is -0.124. The molecule has 1 aromatic carbocycles. The Balaban J connectivity index is 2.63. The number of hydrogen-bond acceptors (Lipinski definition) is 5. The zero-order valence-electron chi connectivity index (χ0n) is 8.14. The van der Waals surface area contributed by atoms with Crippen molar-refractivity contribution in [1.29, 1.82) is 0 Å². The number of hydrogen-bond donors (Lipinski definition) is 4. The molecule has 86 valence electrons. The first-order valence-corrected chi connectivity index (χ1v) is 4.23. The van der Waals surface area contributed by atoms with Gasteiger partial charge in [0.05, 0.1) is 5.56 Å². The van der Waals surface area contributed by atoms with Gasteiger partial charge in [0.15, 0.2) is 6.61 Å². The summed E-state index contributed by atoms with van der Waals surface area (Å²) in [6.07, 6.45) is 0. The van der Waals surface area contributed by atoms with Gasteiger partial charge in [-0.2, -0.15) is 0 Å². The maximum absolute atomic E-state index is 11.3. The monoisotopic (exact) mass is 226 g/mol. The van der Waals surface area contributed by atoms with Crippen LogP contribution in [0.5, 0.6) is 11.5 Å². The Kier molecular flexibility index (Phi) is 3.67. The number of aromatic hydroxyl groups is 2. The van der Waals surface area contributed by atoms with E-state index in [1.54, 1.807) is 0 Å². The van der Waals surface area contributed by atoms with Crippen LogP contribution in [0.4, 0.5) is 0 Å². The SMILES string of the molecule is NC(=O)CONC(=O)c1ccc(O)cc1O. The summed E-state index contributed by atoms with van der Waals surface area (Å²) >= 11 is 0. The van der Waals surface area contributed by atoms with Crippen LogP contribution in [-0.4, -0.2) is 28.6 Å². The predicted octanol–water partition coefficient (Wildman–Crippen LogP) is -0.755. The van der Waals surface area contributed by atoms with Crippen molar-refractivity contribution < 1.29 is 24.6 Å². The first-order valence-electron chi connectivity index (χ1n) is 4.23. The largest absolute Gasteiger partial charge is 0.508 e. The minimum Gasteiger partial charge on any atom is -0.508 e. The molecule has 0 heterocycles. The number of nitrogens with one attached hydrogen (secondary N) is 1. The molecule has 7 heteroatoms. The fraction of sp³-hybridized carbons (Fsp3) is 0.111. The van der Waals surface area contributed by atoms with Crippen LogP contribution < -0.4 is 11.2 Å². The van der Waals surface area contributed by atoms with E-state index in [0.717, 1.165) is 6.07 Å². The Bertz CT molecular complexity index is 418. The maximum atomic E-state index is 11.3. The lowest BCUT2D eigenvalue weighted by atomic mass is 10.2. The van der Waals surface area contributed by atoms with Gasteiger partial charge in [0, 0.05) is 6.07 Å². The number of rotatable bonds is 4. The van der Waals surface area contributed by atoms with Crippen molar-refractivity contribution in [3.63, 3.8) is 0 Å². The van der Waals surface area contributed by atoms with E-state index in [0.29, 0.717) is 0 Å². The van der Waals surface area contributed by atoms with Crippen molar-refractivity contribution >= 4 is 11.8 Å². The second-order valence-corrected chi connectivity index (χ2v) is 2.89. The van der Waals surface area contributed by atoms with Crippen LogP contribution in [0.3, 0.4) is 0 Å². The molecule has 0 spiro atoms. The highest BCUT2D eigenvalue weighted by molar-refractivity contribution is 5.96. The highest BCUT2D eigenvalue weighted by Crippen LogP contribution is 2.22. The van der Waals surface area contributed by atoms with Gasteiger partial charge in [-0.05, 0) is 12.1 Å². The van der Waals surface area contributed by atoms with Gasteiger partial charge >= 0.3 is 0 Å². The number of amides is 2. The minimum absolute atomic E-state index is 0.0951. The van der Waals surface area contributed by atoms with E-state index >= 15 is 0 Å². The third-order valence-electron chi connectivity index (χ3n) is 1.61. The summed E-state index contributed by atoms with van der Waals surface area (Å²) in [6, 6.07) is 3.43. The molecule has 0 aliphatic rings. The lowest BCUT2D eigenvalue weighted by Crippen LogP contribution is -2.29. The van der Waals surface area contributed by atoms with Gasteiger partial charge in [0.25, 0.3) is 5.91 Å². The average molecular weight is 226 g/mol. The fourth-order valence-electron chi connectivity index (χ4n) is 0.940. The predicted molar refractivity (Wildman–Crippen MR) is 52.4 cm³/mol. The van der Waals surface area contributed by atoms with E-state index in [2.05, 4.69) is 4.84 Å². The van der Waals surface area contributed by atoms with Crippen LogP contribution in [0, 0.1) is 0 Å². The zero-order valence-corrected chi connectivity index (χ0v) is 8.14. The number of nitrogens with two attached hydrogens (primary N) is 1. The zero-order chi connectivity index (χ0) is 12.1. The number of carbonyl (C=O) groups excluding carboxylic acids is 2. The number of benzene rings is 1. The van der Waals surface area contributed by atoms with Crippen LogP contribution >= 0.6 is 0 Å². The van der Waals surface area contributed by atoms with Gasteiger partial charge in [-0.15, -0.1) is 0 Å². The smallest absolute Gasteiger partial charge is 0.278 e. The Morgan fingerprint density at radius 2 is 2.06 bits per heavy atom. The van der Waals surface area contributed by atoms with E-state index in [1.165, 1.54) is 12.1 Å². The molecule has 0 saturated carbocycles. The first-order chi connectivity index (χ1) is 7.50. The van der Waals surface area contributed by atoms with E-state index < -0.39 is 24.2 Å². The van der Waals surface area contributed by atoms with Crippen molar-refractivity contribution in [2.75, 3.05) is 6.61 Å². The van der Waals surface area contributed by atoms with Gasteiger partial charge in [-0.3, -0.25) is 14.4 Å².